The van der Waals surface area contributed by atoms with Crippen molar-refractivity contribution in [2.24, 2.45) is 5.92 Å². The number of nitrogens with zero attached hydrogens (tertiary/aromatic N) is 3. The standard InChI is InChI=1S/C17H24F3N3O.C7H7FO2S/c18-17(19,20)14-10-21-16(22-11-14)23-8-6-13(7-9-23)12-24-15-4-2-1-3-5-15;1-11(9,10)7-4-2-3-6(8)5-7/h10-11,13,15H,1-9,12H2;2-5H,1H3. The van der Waals surface area contributed by atoms with Crippen LogP contribution in [0.1, 0.15) is 50.5 Å². The molecular formula is C24H31F4N3O3S. The van der Waals surface area contributed by atoms with Crippen molar-refractivity contribution in [1.29, 1.82) is 0 Å². The van der Waals surface area contributed by atoms with Crippen molar-refractivity contribution >= 4 is 15.8 Å². The lowest BCUT2D eigenvalue weighted by Crippen LogP contribution is -2.36. The van der Waals surface area contributed by atoms with Gasteiger partial charge in [0, 0.05) is 38.3 Å². The van der Waals surface area contributed by atoms with Gasteiger partial charge in [-0.2, -0.15) is 13.2 Å². The number of alkyl halides is 3. The smallest absolute Gasteiger partial charge is 0.378 e. The van der Waals surface area contributed by atoms with E-state index in [0.717, 1.165) is 57.3 Å². The van der Waals surface area contributed by atoms with Crippen LogP contribution >= 0.6 is 0 Å². The highest BCUT2D eigenvalue weighted by Gasteiger charge is 2.32. The van der Waals surface area contributed by atoms with E-state index in [2.05, 4.69) is 9.97 Å². The molecule has 35 heavy (non-hydrogen) atoms. The SMILES string of the molecule is CS(=O)(=O)c1cccc(F)c1.FC(F)(F)c1cnc(N2CCC(COC3CCCCC3)CC2)nc1. The third kappa shape index (κ3) is 8.71. The molecule has 1 aromatic carbocycles. The summed E-state index contributed by atoms with van der Waals surface area (Å²) in [4.78, 5) is 9.72. The molecule has 1 saturated carbocycles. The van der Waals surface area contributed by atoms with Gasteiger partial charge in [-0.05, 0) is 49.8 Å². The summed E-state index contributed by atoms with van der Waals surface area (Å²) in [5.41, 5.74) is -0.804. The van der Waals surface area contributed by atoms with Gasteiger partial charge in [-0.3, -0.25) is 0 Å². The van der Waals surface area contributed by atoms with Crippen LogP contribution in [0.5, 0.6) is 0 Å². The van der Waals surface area contributed by atoms with E-state index in [1.807, 2.05) is 4.90 Å². The molecule has 1 aliphatic carbocycles. The summed E-state index contributed by atoms with van der Waals surface area (Å²) in [6, 6.07) is 4.92. The number of sulfone groups is 1. The summed E-state index contributed by atoms with van der Waals surface area (Å²) in [5, 5.41) is 0. The number of benzene rings is 1. The molecule has 0 amide bonds. The summed E-state index contributed by atoms with van der Waals surface area (Å²) in [6.07, 6.45) is 6.97. The first-order valence-electron chi connectivity index (χ1n) is 11.7. The molecule has 2 fully saturated rings. The van der Waals surface area contributed by atoms with Crippen LogP contribution in [0, 0.1) is 11.7 Å². The fraction of sp³-hybridized carbons (Fsp3) is 0.583. The normalized spacial score (nSPS) is 18.1. The van der Waals surface area contributed by atoms with Gasteiger partial charge in [0.25, 0.3) is 0 Å². The fourth-order valence-corrected chi connectivity index (χ4v) is 4.78. The maximum Gasteiger partial charge on any atom is 0.419 e. The summed E-state index contributed by atoms with van der Waals surface area (Å²) < 4.78 is 77.7. The van der Waals surface area contributed by atoms with Crippen molar-refractivity contribution in [2.45, 2.75) is 62.1 Å². The van der Waals surface area contributed by atoms with E-state index < -0.39 is 27.4 Å². The lowest BCUT2D eigenvalue weighted by atomic mass is 9.96. The number of anilines is 1. The quantitative estimate of drug-likeness (QED) is 0.502. The van der Waals surface area contributed by atoms with Gasteiger partial charge in [0.15, 0.2) is 9.84 Å². The third-order valence-electron chi connectivity index (χ3n) is 6.21. The Morgan fingerprint density at radius 3 is 2.17 bits per heavy atom. The molecule has 1 aromatic heterocycles. The minimum atomic E-state index is -4.39. The second kappa shape index (κ2) is 12.1. The molecule has 1 saturated heterocycles. The minimum Gasteiger partial charge on any atom is -0.378 e. The highest BCUT2D eigenvalue weighted by Crippen LogP contribution is 2.29. The molecule has 4 rings (SSSR count). The first-order chi connectivity index (χ1) is 16.5. The summed E-state index contributed by atoms with van der Waals surface area (Å²) in [5.74, 6) is 0.375. The third-order valence-corrected chi connectivity index (χ3v) is 7.32. The predicted octanol–water partition coefficient (Wildman–Crippen LogP) is 5.29. The molecule has 2 aromatic rings. The van der Waals surface area contributed by atoms with Crippen LogP contribution in [0.4, 0.5) is 23.5 Å². The largest absolute Gasteiger partial charge is 0.419 e. The zero-order valence-electron chi connectivity index (χ0n) is 19.7. The summed E-state index contributed by atoms with van der Waals surface area (Å²) in [7, 11) is -3.27. The highest BCUT2D eigenvalue weighted by molar-refractivity contribution is 7.90. The van der Waals surface area contributed by atoms with E-state index in [1.54, 1.807) is 0 Å². The van der Waals surface area contributed by atoms with E-state index in [9.17, 15) is 26.0 Å². The van der Waals surface area contributed by atoms with Gasteiger partial charge in [-0.1, -0.05) is 25.3 Å². The van der Waals surface area contributed by atoms with E-state index in [-0.39, 0.29) is 4.90 Å². The molecule has 0 unspecified atom stereocenters. The Bertz CT molecular complexity index is 1030. The van der Waals surface area contributed by atoms with E-state index in [0.29, 0.717) is 18.0 Å². The molecule has 1 aliphatic heterocycles. The van der Waals surface area contributed by atoms with Gasteiger partial charge in [-0.25, -0.2) is 22.8 Å². The molecule has 0 atom stereocenters. The van der Waals surface area contributed by atoms with Crippen LogP contribution in [-0.4, -0.2) is 50.4 Å². The average molecular weight is 518 g/mol. The Balaban J connectivity index is 0.000000261. The first-order valence-corrected chi connectivity index (χ1v) is 13.6. The average Bonchev–Trinajstić information content (AvgIpc) is 2.83. The number of piperidine rings is 1. The van der Waals surface area contributed by atoms with Crippen molar-refractivity contribution < 1.29 is 30.7 Å². The molecule has 0 spiro atoms. The molecule has 6 nitrogen and oxygen atoms in total. The van der Waals surface area contributed by atoms with Crippen molar-refractivity contribution in [2.75, 3.05) is 30.9 Å². The van der Waals surface area contributed by atoms with Crippen LogP contribution < -0.4 is 4.90 Å². The van der Waals surface area contributed by atoms with Crippen LogP contribution in [0.2, 0.25) is 0 Å². The number of hydrogen-bond donors (Lipinski definition) is 0. The second-order valence-corrected chi connectivity index (χ2v) is 11.0. The molecular weight excluding hydrogens is 486 g/mol. The number of rotatable bonds is 5. The molecule has 0 N–H and O–H groups in total. The molecule has 11 heteroatoms. The van der Waals surface area contributed by atoms with Crippen LogP contribution in [0.15, 0.2) is 41.6 Å². The van der Waals surface area contributed by atoms with Gasteiger partial charge in [0.2, 0.25) is 5.95 Å². The monoisotopic (exact) mass is 517 g/mol. The topological polar surface area (TPSA) is 72.4 Å². The Labute approximate surface area is 203 Å². The van der Waals surface area contributed by atoms with Crippen molar-refractivity contribution in [3.05, 3.63) is 48.0 Å². The zero-order valence-corrected chi connectivity index (χ0v) is 20.5. The summed E-state index contributed by atoms with van der Waals surface area (Å²) in [6.45, 7) is 2.33. The maximum absolute atomic E-state index is 12.5. The highest BCUT2D eigenvalue weighted by atomic mass is 32.2. The molecule has 2 aliphatic rings. The van der Waals surface area contributed by atoms with Gasteiger partial charge in [0.05, 0.1) is 16.6 Å². The van der Waals surface area contributed by atoms with Gasteiger partial charge < -0.3 is 9.64 Å². The Kier molecular flexibility index (Phi) is 9.46. The Morgan fingerprint density at radius 1 is 1.03 bits per heavy atom. The number of aromatic nitrogens is 2. The predicted molar refractivity (Wildman–Crippen MR) is 124 cm³/mol. The second-order valence-electron chi connectivity index (χ2n) is 9.02. The molecule has 0 bridgehead atoms. The lowest BCUT2D eigenvalue weighted by molar-refractivity contribution is -0.138. The number of hydrogen-bond acceptors (Lipinski definition) is 6. The van der Waals surface area contributed by atoms with Gasteiger partial charge >= 0.3 is 6.18 Å². The van der Waals surface area contributed by atoms with Crippen molar-refractivity contribution in [3.8, 4) is 0 Å². The minimum absolute atomic E-state index is 0.0116. The van der Waals surface area contributed by atoms with Crippen molar-refractivity contribution in [3.63, 3.8) is 0 Å². The molecule has 2 heterocycles. The van der Waals surface area contributed by atoms with E-state index in [4.69, 9.17) is 4.74 Å². The first kappa shape index (κ1) is 27.3. The fourth-order valence-electron chi connectivity index (χ4n) is 4.13. The van der Waals surface area contributed by atoms with Gasteiger partial charge in [-0.15, -0.1) is 0 Å². The lowest BCUT2D eigenvalue weighted by Gasteiger charge is -2.33. The Morgan fingerprint density at radius 2 is 1.66 bits per heavy atom. The van der Waals surface area contributed by atoms with Crippen LogP contribution in [0.25, 0.3) is 0 Å². The van der Waals surface area contributed by atoms with E-state index >= 15 is 0 Å². The van der Waals surface area contributed by atoms with Crippen LogP contribution in [-0.2, 0) is 20.8 Å². The zero-order chi connectivity index (χ0) is 25.5. The number of halogens is 4. The molecule has 0 radical (unpaired) electrons. The van der Waals surface area contributed by atoms with Crippen molar-refractivity contribution in [1.82, 2.24) is 9.97 Å². The maximum atomic E-state index is 12.5. The van der Waals surface area contributed by atoms with Gasteiger partial charge in [0.1, 0.15) is 5.82 Å². The van der Waals surface area contributed by atoms with Crippen LogP contribution in [0.3, 0.4) is 0 Å². The van der Waals surface area contributed by atoms with E-state index in [1.165, 1.54) is 50.3 Å². The molecule has 194 valence electrons. The summed E-state index contributed by atoms with van der Waals surface area (Å²) >= 11 is 0. The number of ether oxygens (including phenoxy) is 1. The Hall–Kier alpha value is -2.27.